The molecule has 9 nitrogen and oxygen atoms in total. The highest BCUT2D eigenvalue weighted by atomic mass is 16.7. The van der Waals surface area contributed by atoms with Crippen LogP contribution in [-0.4, -0.2) is 87.4 Å². The van der Waals surface area contributed by atoms with Crippen LogP contribution in [0.1, 0.15) is 284 Å². The summed E-state index contributed by atoms with van der Waals surface area (Å²) in [4.78, 5) is 37.4. The molecule has 0 aromatic rings. The second kappa shape index (κ2) is 55.5. The number of carbonyl (C=O) groups excluding carboxylic acids is 2. The smallest absolute Gasteiger partial charge is 0.361 e. The lowest BCUT2D eigenvalue weighted by molar-refractivity contribution is -0.870. The lowest BCUT2D eigenvalue weighted by atomic mass is 10.0. The minimum absolute atomic E-state index is 0.177. The van der Waals surface area contributed by atoms with E-state index in [0.717, 1.165) is 64.2 Å². The summed E-state index contributed by atoms with van der Waals surface area (Å²) >= 11 is 0. The van der Waals surface area contributed by atoms with E-state index in [1.54, 1.807) is 0 Å². The van der Waals surface area contributed by atoms with Crippen molar-refractivity contribution in [3.05, 3.63) is 48.6 Å². The number of unbranched alkanes of at least 4 members (excludes halogenated alkanes) is 34. The number of esters is 2. The van der Waals surface area contributed by atoms with Crippen LogP contribution in [0.15, 0.2) is 48.6 Å². The summed E-state index contributed by atoms with van der Waals surface area (Å²) in [5.41, 5.74) is 0. The number of rotatable bonds is 57. The molecule has 0 rings (SSSR count). The van der Waals surface area contributed by atoms with Crippen molar-refractivity contribution in [1.29, 1.82) is 0 Å². The van der Waals surface area contributed by atoms with E-state index >= 15 is 0 Å². The molecular weight excluding hydrogens is 911 g/mol. The van der Waals surface area contributed by atoms with E-state index in [2.05, 4.69) is 62.5 Å². The molecule has 2 unspecified atom stereocenters. The summed E-state index contributed by atoms with van der Waals surface area (Å²) in [6.07, 6.45) is 66.3. The van der Waals surface area contributed by atoms with Gasteiger partial charge in [-0.25, -0.2) is 4.79 Å². The molecule has 0 bridgehead atoms. The second-order valence-electron chi connectivity index (χ2n) is 22.0. The van der Waals surface area contributed by atoms with Crippen LogP contribution >= 0.6 is 0 Å². The molecule has 2 atom stereocenters. The first-order valence-corrected chi connectivity index (χ1v) is 30.8. The number of carboxylic acid groups (broad SMARTS) is 1. The number of hydrogen-bond donors (Lipinski definition) is 1. The zero-order valence-electron chi connectivity index (χ0n) is 48.6. The number of likely N-dealkylation sites (N-methyl/N-ethyl adjacent to an activating group) is 1. The standard InChI is InChI=1S/C64H117NO8/c1-6-8-10-12-14-16-18-20-22-24-25-26-27-28-29-30-31-32-33-34-35-36-37-39-41-43-45-47-49-51-53-55-62(67)73-60(59-72-64(63(68)69)70-57-56-65(3,4)5)58-71-61(66)54-52-50-48-46-44-42-40-38-23-21-19-17-15-13-11-9-7-2/h8,10,14,16,20,22,25-26,60,64H,6-7,9,11-13,15,17-19,21,23-24,27-59H2,1-5H3/p+1/b10-8-,16-14-,22-20-,26-25-. The SMILES string of the molecule is CC/C=C\C/C=C\C/C=C\C/C=C\CCCCCCCCCCCCCCCCCCCCC(=O)OC(COC(=O)CCCCCCCCCCCCCCCCCCC)COC(OCC[N+](C)(C)C)C(=O)O. The van der Waals surface area contributed by atoms with Gasteiger partial charge in [-0.15, -0.1) is 0 Å². The van der Waals surface area contributed by atoms with Crippen molar-refractivity contribution in [2.75, 3.05) is 47.5 Å². The average Bonchev–Trinajstić information content (AvgIpc) is 3.36. The van der Waals surface area contributed by atoms with E-state index in [9.17, 15) is 19.5 Å². The predicted octanol–water partition coefficient (Wildman–Crippen LogP) is 18.2. The van der Waals surface area contributed by atoms with Crippen molar-refractivity contribution in [3.63, 3.8) is 0 Å². The van der Waals surface area contributed by atoms with Crippen LogP contribution in [0.4, 0.5) is 0 Å². The van der Waals surface area contributed by atoms with E-state index in [0.29, 0.717) is 17.4 Å². The highest BCUT2D eigenvalue weighted by Gasteiger charge is 2.25. The first kappa shape index (κ1) is 70.2. The largest absolute Gasteiger partial charge is 0.477 e. The molecule has 0 heterocycles. The topological polar surface area (TPSA) is 108 Å². The fourth-order valence-electron chi connectivity index (χ4n) is 8.89. The average molecular weight is 1030 g/mol. The highest BCUT2D eigenvalue weighted by Crippen LogP contribution is 2.17. The first-order valence-electron chi connectivity index (χ1n) is 30.8. The van der Waals surface area contributed by atoms with Gasteiger partial charge in [-0.1, -0.05) is 268 Å². The molecule has 0 spiro atoms. The van der Waals surface area contributed by atoms with Crippen molar-refractivity contribution in [3.8, 4) is 0 Å². The zero-order chi connectivity index (χ0) is 53.4. The maximum Gasteiger partial charge on any atom is 0.361 e. The summed E-state index contributed by atoms with van der Waals surface area (Å²) in [7, 11) is 5.98. The Hall–Kier alpha value is -2.75. The number of hydrogen-bond acceptors (Lipinski definition) is 7. The third-order valence-corrected chi connectivity index (χ3v) is 13.6. The Labute approximate surface area is 451 Å². The highest BCUT2D eigenvalue weighted by molar-refractivity contribution is 5.71. The van der Waals surface area contributed by atoms with Crippen LogP contribution in [0.25, 0.3) is 0 Å². The third-order valence-electron chi connectivity index (χ3n) is 13.6. The van der Waals surface area contributed by atoms with Crippen molar-refractivity contribution < 1.29 is 42.9 Å². The summed E-state index contributed by atoms with van der Waals surface area (Å²) in [5.74, 6) is -1.98. The van der Waals surface area contributed by atoms with Crippen LogP contribution in [-0.2, 0) is 33.3 Å². The summed E-state index contributed by atoms with van der Waals surface area (Å²) in [6.45, 7) is 4.81. The third kappa shape index (κ3) is 56.8. The van der Waals surface area contributed by atoms with Gasteiger partial charge in [0.05, 0.1) is 34.4 Å². The molecule has 9 heteroatoms. The van der Waals surface area contributed by atoms with Gasteiger partial charge >= 0.3 is 17.9 Å². The van der Waals surface area contributed by atoms with E-state index < -0.39 is 18.4 Å². The molecule has 0 saturated carbocycles. The Morgan fingerprint density at radius 2 is 0.781 bits per heavy atom. The quantitative estimate of drug-likeness (QED) is 0.0211. The van der Waals surface area contributed by atoms with Crippen molar-refractivity contribution in [2.45, 2.75) is 296 Å². The minimum Gasteiger partial charge on any atom is -0.477 e. The molecule has 426 valence electrons. The second-order valence-corrected chi connectivity index (χ2v) is 22.0. The monoisotopic (exact) mass is 1030 g/mol. The molecular formula is C64H118NO8+. The van der Waals surface area contributed by atoms with Crippen LogP contribution in [0.3, 0.4) is 0 Å². The molecule has 0 aromatic carbocycles. The van der Waals surface area contributed by atoms with Gasteiger partial charge in [-0.3, -0.25) is 9.59 Å². The molecule has 0 aromatic heterocycles. The number of ether oxygens (including phenoxy) is 4. The molecule has 0 saturated heterocycles. The van der Waals surface area contributed by atoms with Gasteiger partial charge in [0, 0.05) is 12.8 Å². The first-order chi connectivity index (χ1) is 35.6. The van der Waals surface area contributed by atoms with Gasteiger partial charge in [0.15, 0.2) is 6.10 Å². The summed E-state index contributed by atoms with van der Waals surface area (Å²) in [5, 5.41) is 9.71. The summed E-state index contributed by atoms with van der Waals surface area (Å²) < 4.78 is 22.9. The molecule has 0 amide bonds. The number of nitrogens with zero attached hydrogens (tertiary/aromatic N) is 1. The van der Waals surface area contributed by atoms with Gasteiger partial charge in [0.1, 0.15) is 13.2 Å². The van der Waals surface area contributed by atoms with E-state index in [4.69, 9.17) is 18.9 Å². The van der Waals surface area contributed by atoms with Crippen LogP contribution < -0.4 is 0 Å². The Bertz CT molecular complexity index is 1340. The normalized spacial score (nSPS) is 13.1. The summed E-state index contributed by atoms with van der Waals surface area (Å²) in [6, 6.07) is 0. The zero-order valence-corrected chi connectivity index (χ0v) is 48.6. The number of carbonyl (C=O) groups is 3. The molecule has 73 heavy (non-hydrogen) atoms. The van der Waals surface area contributed by atoms with E-state index in [1.165, 1.54) is 193 Å². The Morgan fingerprint density at radius 1 is 0.425 bits per heavy atom. The van der Waals surface area contributed by atoms with Gasteiger partial charge in [0.2, 0.25) is 0 Å². The number of allylic oxidation sites excluding steroid dienone is 8. The van der Waals surface area contributed by atoms with Crippen molar-refractivity contribution >= 4 is 17.9 Å². The van der Waals surface area contributed by atoms with Gasteiger partial charge in [-0.2, -0.15) is 0 Å². The van der Waals surface area contributed by atoms with Crippen LogP contribution in [0.5, 0.6) is 0 Å². The number of aliphatic carboxylic acids is 1. The predicted molar refractivity (Wildman–Crippen MR) is 309 cm³/mol. The van der Waals surface area contributed by atoms with Crippen LogP contribution in [0, 0.1) is 0 Å². The Balaban J connectivity index is 4.11. The van der Waals surface area contributed by atoms with Crippen LogP contribution in [0.2, 0.25) is 0 Å². The lowest BCUT2D eigenvalue weighted by Crippen LogP contribution is -2.40. The van der Waals surface area contributed by atoms with Gasteiger partial charge in [0.25, 0.3) is 6.29 Å². The Morgan fingerprint density at radius 3 is 1.16 bits per heavy atom. The molecule has 0 aliphatic heterocycles. The van der Waals surface area contributed by atoms with Crippen molar-refractivity contribution in [1.82, 2.24) is 0 Å². The molecule has 0 aliphatic rings. The maximum absolute atomic E-state index is 12.9. The fraction of sp³-hybridized carbons (Fsp3) is 0.828. The molecule has 0 radical (unpaired) electrons. The van der Waals surface area contributed by atoms with Gasteiger partial charge in [-0.05, 0) is 51.4 Å². The van der Waals surface area contributed by atoms with Crippen molar-refractivity contribution in [2.24, 2.45) is 0 Å². The van der Waals surface area contributed by atoms with Gasteiger partial charge < -0.3 is 28.5 Å². The minimum atomic E-state index is -1.51. The number of carboxylic acids is 1. The molecule has 0 aliphatic carbocycles. The van der Waals surface area contributed by atoms with E-state index in [-0.39, 0.29) is 38.2 Å². The Kier molecular flexibility index (Phi) is 53.4. The number of quaternary nitrogens is 1. The fourth-order valence-corrected chi connectivity index (χ4v) is 8.89. The lowest BCUT2D eigenvalue weighted by Gasteiger charge is -2.25. The van der Waals surface area contributed by atoms with E-state index in [1.807, 2.05) is 21.1 Å². The maximum atomic E-state index is 12.9. The molecule has 0 fully saturated rings. The molecule has 1 N–H and O–H groups in total.